The second-order valence-corrected chi connectivity index (χ2v) is 7.51. The number of likely N-dealkylation sites (tertiary alicyclic amines) is 1. The van der Waals surface area contributed by atoms with Gasteiger partial charge in [-0.1, -0.05) is 18.2 Å². The van der Waals surface area contributed by atoms with Crippen molar-refractivity contribution >= 4 is 29.3 Å². The molecule has 2 amide bonds. The Kier molecular flexibility index (Phi) is 5.60. The first-order valence-electron chi connectivity index (χ1n) is 8.51. The van der Waals surface area contributed by atoms with Crippen LogP contribution < -0.4 is 4.90 Å². The third-order valence-corrected chi connectivity index (χ3v) is 5.91. The lowest BCUT2D eigenvalue weighted by Gasteiger charge is -2.31. The molecule has 4 nitrogen and oxygen atoms in total. The zero-order valence-corrected chi connectivity index (χ0v) is 14.3. The second-order valence-electron chi connectivity index (χ2n) is 6.20. The maximum Gasteiger partial charge on any atom is 0.242 e. The summed E-state index contributed by atoms with van der Waals surface area (Å²) < 4.78 is 0. The molecule has 2 heterocycles. The monoisotopic (exact) mass is 332 g/mol. The van der Waals surface area contributed by atoms with E-state index in [1.165, 1.54) is 6.42 Å². The molecule has 0 saturated carbocycles. The lowest BCUT2D eigenvalue weighted by atomic mass is 10.1. The van der Waals surface area contributed by atoms with Crippen LogP contribution in [0.15, 0.2) is 30.3 Å². The van der Waals surface area contributed by atoms with Gasteiger partial charge in [-0.3, -0.25) is 9.59 Å². The zero-order chi connectivity index (χ0) is 16.1. The molecular formula is C18H24N2O2S. The van der Waals surface area contributed by atoms with Crippen LogP contribution in [0.5, 0.6) is 0 Å². The van der Waals surface area contributed by atoms with E-state index in [9.17, 15) is 9.59 Å². The maximum atomic E-state index is 12.9. The third-order valence-electron chi connectivity index (χ3n) is 4.54. The van der Waals surface area contributed by atoms with Crippen molar-refractivity contribution in [3.05, 3.63) is 30.3 Å². The van der Waals surface area contributed by atoms with Crippen molar-refractivity contribution < 1.29 is 9.59 Å². The standard InChI is InChI=1S/C18H24N2O2S/c21-17(19-11-5-2-6-12-19)14-20(15-8-3-1-4-9-15)18(22)16-10-7-13-23-16/h1,3-4,8-9,16H,2,5-7,10-14H2/t16-/m0/s1. The molecule has 124 valence electrons. The van der Waals surface area contributed by atoms with Gasteiger partial charge in [-0.05, 0) is 50.0 Å². The number of rotatable bonds is 4. The van der Waals surface area contributed by atoms with Crippen LogP contribution in [0.3, 0.4) is 0 Å². The molecule has 1 atom stereocenters. The Labute approximate surface area is 142 Å². The van der Waals surface area contributed by atoms with Gasteiger partial charge in [0.15, 0.2) is 0 Å². The molecule has 0 unspecified atom stereocenters. The predicted molar refractivity (Wildman–Crippen MR) is 94.7 cm³/mol. The van der Waals surface area contributed by atoms with Crippen molar-refractivity contribution in [1.29, 1.82) is 0 Å². The SMILES string of the molecule is O=C(CN(C(=O)[C@@H]1CCCS1)c1ccccc1)N1CCCCC1. The van der Waals surface area contributed by atoms with Crippen LogP contribution >= 0.6 is 11.8 Å². The molecule has 0 bridgehead atoms. The fourth-order valence-electron chi connectivity index (χ4n) is 3.23. The molecule has 0 aromatic heterocycles. The van der Waals surface area contributed by atoms with Gasteiger partial charge in [0.2, 0.25) is 11.8 Å². The second kappa shape index (κ2) is 7.86. The van der Waals surface area contributed by atoms with Gasteiger partial charge in [-0.15, -0.1) is 11.8 Å². The molecule has 0 aliphatic carbocycles. The number of anilines is 1. The molecule has 2 aliphatic rings. The summed E-state index contributed by atoms with van der Waals surface area (Å²) >= 11 is 1.72. The fourth-order valence-corrected chi connectivity index (χ4v) is 4.45. The summed E-state index contributed by atoms with van der Waals surface area (Å²) in [5, 5.41) is 0.00404. The van der Waals surface area contributed by atoms with E-state index < -0.39 is 0 Å². The van der Waals surface area contributed by atoms with E-state index in [1.54, 1.807) is 16.7 Å². The van der Waals surface area contributed by atoms with E-state index in [0.717, 1.165) is 50.2 Å². The maximum absolute atomic E-state index is 12.9. The summed E-state index contributed by atoms with van der Waals surface area (Å²) in [7, 11) is 0. The third kappa shape index (κ3) is 4.08. The molecule has 2 fully saturated rings. The Balaban J connectivity index is 1.74. The Hall–Kier alpha value is -1.49. The van der Waals surface area contributed by atoms with Crippen LogP contribution in [0.25, 0.3) is 0 Å². The van der Waals surface area contributed by atoms with Crippen molar-refractivity contribution in [2.45, 2.75) is 37.4 Å². The zero-order valence-electron chi connectivity index (χ0n) is 13.4. The van der Waals surface area contributed by atoms with Gasteiger partial charge >= 0.3 is 0 Å². The van der Waals surface area contributed by atoms with Gasteiger partial charge in [-0.25, -0.2) is 0 Å². The Morgan fingerprint density at radius 2 is 1.83 bits per heavy atom. The topological polar surface area (TPSA) is 40.6 Å². The molecule has 3 rings (SSSR count). The minimum absolute atomic E-state index is 0.00404. The summed E-state index contributed by atoms with van der Waals surface area (Å²) in [6.07, 6.45) is 5.35. The molecular weight excluding hydrogens is 308 g/mol. The highest BCUT2D eigenvalue weighted by molar-refractivity contribution is 8.00. The summed E-state index contributed by atoms with van der Waals surface area (Å²) in [5.41, 5.74) is 0.829. The number of nitrogens with zero attached hydrogens (tertiary/aromatic N) is 2. The number of amides is 2. The number of benzene rings is 1. The highest BCUT2D eigenvalue weighted by Crippen LogP contribution is 2.29. The molecule has 2 aliphatic heterocycles. The molecule has 2 saturated heterocycles. The van der Waals surface area contributed by atoms with Crippen molar-refractivity contribution in [3.63, 3.8) is 0 Å². The van der Waals surface area contributed by atoms with Gasteiger partial charge in [0.25, 0.3) is 0 Å². The molecule has 0 N–H and O–H groups in total. The highest BCUT2D eigenvalue weighted by Gasteiger charge is 2.31. The Morgan fingerprint density at radius 1 is 1.09 bits per heavy atom. The van der Waals surface area contributed by atoms with Crippen molar-refractivity contribution in [2.24, 2.45) is 0 Å². The normalized spacial score (nSPS) is 21.2. The predicted octanol–water partition coefficient (Wildman–Crippen LogP) is 2.93. The Bertz CT molecular complexity index is 537. The van der Waals surface area contributed by atoms with Crippen molar-refractivity contribution in [3.8, 4) is 0 Å². The first-order chi connectivity index (χ1) is 11.3. The summed E-state index contributed by atoms with van der Waals surface area (Å²) in [6.45, 7) is 1.82. The Morgan fingerprint density at radius 3 is 2.48 bits per heavy atom. The highest BCUT2D eigenvalue weighted by atomic mass is 32.2. The number of hydrogen-bond acceptors (Lipinski definition) is 3. The van der Waals surface area contributed by atoms with E-state index in [0.29, 0.717) is 0 Å². The van der Waals surface area contributed by atoms with E-state index in [2.05, 4.69) is 0 Å². The van der Waals surface area contributed by atoms with Gasteiger partial charge < -0.3 is 9.80 Å². The van der Waals surface area contributed by atoms with Gasteiger partial charge in [0, 0.05) is 18.8 Å². The van der Waals surface area contributed by atoms with E-state index in [4.69, 9.17) is 0 Å². The minimum atomic E-state index is 0.00404. The molecule has 0 spiro atoms. The van der Waals surface area contributed by atoms with Crippen LogP contribution in [0, 0.1) is 0 Å². The number of para-hydroxylation sites is 1. The lowest BCUT2D eigenvalue weighted by Crippen LogP contribution is -2.46. The van der Waals surface area contributed by atoms with Crippen LogP contribution in [0.1, 0.15) is 32.1 Å². The summed E-state index contributed by atoms with van der Waals surface area (Å²) in [4.78, 5) is 29.1. The number of piperidine rings is 1. The average Bonchev–Trinajstić information content (AvgIpc) is 3.15. The van der Waals surface area contributed by atoms with E-state index >= 15 is 0 Å². The van der Waals surface area contributed by atoms with Crippen LogP contribution in [0.4, 0.5) is 5.69 Å². The number of hydrogen-bond donors (Lipinski definition) is 0. The summed E-state index contributed by atoms with van der Waals surface area (Å²) in [5.74, 6) is 1.20. The van der Waals surface area contributed by atoms with Crippen LogP contribution in [-0.2, 0) is 9.59 Å². The smallest absolute Gasteiger partial charge is 0.242 e. The fraction of sp³-hybridized carbons (Fsp3) is 0.556. The summed E-state index contributed by atoms with van der Waals surface area (Å²) in [6, 6.07) is 9.61. The van der Waals surface area contributed by atoms with Crippen LogP contribution in [-0.4, -0.2) is 47.4 Å². The van der Waals surface area contributed by atoms with Crippen molar-refractivity contribution in [1.82, 2.24) is 4.90 Å². The van der Waals surface area contributed by atoms with Gasteiger partial charge in [0.05, 0.1) is 5.25 Å². The number of carbonyl (C=O) groups excluding carboxylic acids is 2. The van der Waals surface area contributed by atoms with E-state index in [1.807, 2.05) is 35.2 Å². The first kappa shape index (κ1) is 16.4. The number of carbonyl (C=O) groups is 2. The quantitative estimate of drug-likeness (QED) is 0.851. The average molecular weight is 332 g/mol. The van der Waals surface area contributed by atoms with Crippen LogP contribution in [0.2, 0.25) is 0 Å². The molecule has 1 aromatic rings. The van der Waals surface area contributed by atoms with Crippen molar-refractivity contribution in [2.75, 3.05) is 30.3 Å². The molecule has 23 heavy (non-hydrogen) atoms. The number of thioether (sulfide) groups is 1. The lowest BCUT2D eigenvalue weighted by molar-refractivity contribution is -0.132. The van der Waals surface area contributed by atoms with Gasteiger partial charge in [0.1, 0.15) is 6.54 Å². The van der Waals surface area contributed by atoms with E-state index in [-0.39, 0.29) is 23.6 Å². The molecule has 0 radical (unpaired) electrons. The minimum Gasteiger partial charge on any atom is -0.341 e. The molecule has 1 aromatic carbocycles. The molecule has 5 heteroatoms. The first-order valence-corrected chi connectivity index (χ1v) is 9.56. The largest absolute Gasteiger partial charge is 0.341 e. The van der Waals surface area contributed by atoms with Gasteiger partial charge in [-0.2, -0.15) is 0 Å².